The molecule has 3 atom stereocenters. The predicted octanol–water partition coefficient (Wildman–Crippen LogP) is 1.27. The molecule has 0 amide bonds. The zero-order valence-corrected chi connectivity index (χ0v) is 7.98. The lowest BCUT2D eigenvalue weighted by Gasteiger charge is -2.14. The van der Waals surface area contributed by atoms with E-state index in [1.54, 1.807) is 12.4 Å². The van der Waals surface area contributed by atoms with Crippen LogP contribution in [0.4, 0.5) is 11.6 Å². The van der Waals surface area contributed by atoms with E-state index in [4.69, 9.17) is 5.73 Å². The summed E-state index contributed by atoms with van der Waals surface area (Å²) in [6.45, 7) is 0. The molecule has 4 heteroatoms. The van der Waals surface area contributed by atoms with E-state index in [0.29, 0.717) is 11.9 Å². The predicted molar refractivity (Wildman–Crippen MR) is 54.7 cm³/mol. The lowest BCUT2D eigenvalue weighted by Crippen LogP contribution is -2.19. The minimum absolute atomic E-state index is 0.486. The number of rotatable bonds is 2. The van der Waals surface area contributed by atoms with Gasteiger partial charge >= 0.3 is 0 Å². The van der Waals surface area contributed by atoms with Crippen molar-refractivity contribution < 1.29 is 0 Å². The van der Waals surface area contributed by atoms with Crippen LogP contribution in [0.5, 0.6) is 0 Å². The van der Waals surface area contributed by atoms with E-state index in [1.165, 1.54) is 19.3 Å². The Morgan fingerprint density at radius 3 is 2.93 bits per heavy atom. The minimum atomic E-state index is 0.486. The highest BCUT2D eigenvalue weighted by Crippen LogP contribution is 2.52. The van der Waals surface area contributed by atoms with Gasteiger partial charge in [-0.05, 0) is 31.1 Å². The lowest BCUT2D eigenvalue weighted by molar-refractivity contribution is 0.651. The maximum Gasteiger partial charge on any atom is 0.147 e. The summed E-state index contributed by atoms with van der Waals surface area (Å²) in [6.07, 6.45) is 7.35. The fourth-order valence-corrected chi connectivity index (χ4v) is 2.52. The van der Waals surface area contributed by atoms with Crippen molar-refractivity contribution in [3.05, 3.63) is 12.4 Å². The zero-order valence-electron chi connectivity index (χ0n) is 7.98. The van der Waals surface area contributed by atoms with Crippen LogP contribution in [-0.4, -0.2) is 16.0 Å². The van der Waals surface area contributed by atoms with Gasteiger partial charge in [-0.2, -0.15) is 0 Å². The summed E-state index contributed by atoms with van der Waals surface area (Å²) < 4.78 is 0. The van der Waals surface area contributed by atoms with Gasteiger partial charge in [0.05, 0.1) is 12.4 Å². The molecule has 0 spiro atoms. The van der Waals surface area contributed by atoms with Gasteiger partial charge in [0.25, 0.3) is 0 Å². The highest BCUT2D eigenvalue weighted by molar-refractivity contribution is 5.40. The molecule has 1 heterocycles. The van der Waals surface area contributed by atoms with Gasteiger partial charge in [0, 0.05) is 6.04 Å². The average molecular weight is 190 g/mol. The van der Waals surface area contributed by atoms with Crippen LogP contribution in [0, 0.1) is 11.8 Å². The maximum atomic E-state index is 5.56. The molecule has 0 saturated heterocycles. The third-order valence-electron chi connectivity index (χ3n) is 3.33. The molecule has 4 nitrogen and oxygen atoms in total. The monoisotopic (exact) mass is 190 g/mol. The van der Waals surface area contributed by atoms with E-state index in [9.17, 15) is 0 Å². The van der Waals surface area contributed by atoms with Crippen LogP contribution in [0.1, 0.15) is 19.3 Å². The number of nitrogen functional groups attached to an aromatic ring is 1. The van der Waals surface area contributed by atoms with Crippen LogP contribution in [0.15, 0.2) is 12.4 Å². The molecular weight excluding hydrogens is 176 g/mol. The van der Waals surface area contributed by atoms with Crippen LogP contribution in [0.25, 0.3) is 0 Å². The number of hydrogen-bond acceptors (Lipinski definition) is 4. The highest BCUT2D eigenvalue weighted by atomic mass is 15.1. The van der Waals surface area contributed by atoms with Gasteiger partial charge in [0.2, 0.25) is 0 Å². The molecule has 74 valence electrons. The molecule has 3 rings (SSSR count). The van der Waals surface area contributed by atoms with Crippen LogP contribution in [-0.2, 0) is 0 Å². The zero-order chi connectivity index (χ0) is 9.54. The van der Waals surface area contributed by atoms with Gasteiger partial charge in [-0.3, -0.25) is 4.98 Å². The number of anilines is 2. The lowest BCUT2D eigenvalue weighted by atomic mass is 10.2. The van der Waals surface area contributed by atoms with Gasteiger partial charge in [-0.1, -0.05) is 0 Å². The SMILES string of the molecule is Nc1cncc(NC2CCC3CC32)n1. The Morgan fingerprint density at radius 2 is 2.29 bits per heavy atom. The van der Waals surface area contributed by atoms with Crippen molar-refractivity contribution in [3.8, 4) is 0 Å². The molecule has 1 aromatic heterocycles. The first-order valence-electron chi connectivity index (χ1n) is 5.17. The van der Waals surface area contributed by atoms with E-state index in [1.807, 2.05) is 0 Å². The van der Waals surface area contributed by atoms with Crippen molar-refractivity contribution in [3.63, 3.8) is 0 Å². The Kier molecular flexibility index (Phi) is 1.63. The fourth-order valence-electron chi connectivity index (χ4n) is 2.52. The number of fused-ring (bicyclic) bond motifs is 1. The molecule has 2 aliphatic carbocycles. The minimum Gasteiger partial charge on any atom is -0.382 e. The van der Waals surface area contributed by atoms with Crippen molar-refractivity contribution in [1.29, 1.82) is 0 Å². The van der Waals surface area contributed by atoms with Crippen molar-refractivity contribution in [2.75, 3.05) is 11.1 Å². The normalized spacial score (nSPS) is 33.9. The molecular formula is C10H14N4. The smallest absolute Gasteiger partial charge is 0.147 e. The van der Waals surface area contributed by atoms with E-state index in [2.05, 4.69) is 15.3 Å². The Hall–Kier alpha value is -1.32. The summed E-state index contributed by atoms with van der Waals surface area (Å²) in [4.78, 5) is 8.21. The molecule has 2 saturated carbocycles. The summed E-state index contributed by atoms with van der Waals surface area (Å²) in [5.41, 5.74) is 5.56. The largest absolute Gasteiger partial charge is 0.382 e. The summed E-state index contributed by atoms with van der Waals surface area (Å²) in [5, 5.41) is 3.42. The fraction of sp³-hybridized carbons (Fsp3) is 0.600. The Morgan fingerprint density at radius 1 is 1.36 bits per heavy atom. The highest BCUT2D eigenvalue weighted by Gasteiger charge is 2.47. The first kappa shape index (κ1) is 8.03. The van der Waals surface area contributed by atoms with Crippen molar-refractivity contribution in [1.82, 2.24) is 9.97 Å². The molecule has 0 radical (unpaired) electrons. The molecule has 2 fully saturated rings. The van der Waals surface area contributed by atoms with Crippen molar-refractivity contribution in [2.45, 2.75) is 25.3 Å². The van der Waals surface area contributed by atoms with Gasteiger partial charge in [-0.15, -0.1) is 0 Å². The van der Waals surface area contributed by atoms with Gasteiger partial charge in [-0.25, -0.2) is 4.98 Å². The van der Waals surface area contributed by atoms with Crippen molar-refractivity contribution >= 4 is 11.6 Å². The summed E-state index contributed by atoms with van der Waals surface area (Å²) in [6, 6.07) is 0.608. The molecule has 3 unspecified atom stereocenters. The molecule has 3 N–H and O–H groups in total. The summed E-state index contributed by atoms with van der Waals surface area (Å²) in [5.74, 6) is 3.18. The maximum absolute atomic E-state index is 5.56. The second-order valence-corrected chi connectivity index (χ2v) is 4.32. The first-order chi connectivity index (χ1) is 6.83. The quantitative estimate of drug-likeness (QED) is 0.737. The van der Waals surface area contributed by atoms with E-state index < -0.39 is 0 Å². The summed E-state index contributed by atoms with van der Waals surface area (Å²) >= 11 is 0. The number of nitrogens with zero attached hydrogens (tertiary/aromatic N) is 2. The van der Waals surface area contributed by atoms with Crippen LogP contribution >= 0.6 is 0 Å². The molecule has 2 aliphatic rings. The molecule has 0 aromatic carbocycles. The topological polar surface area (TPSA) is 63.8 Å². The van der Waals surface area contributed by atoms with Crippen LogP contribution in [0.2, 0.25) is 0 Å². The molecule has 0 aliphatic heterocycles. The van der Waals surface area contributed by atoms with E-state index in [0.717, 1.165) is 17.7 Å². The molecule has 14 heavy (non-hydrogen) atoms. The van der Waals surface area contributed by atoms with Gasteiger partial charge in [0.1, 0.15) is 11.6 Å². The van der Waals surface area contributed by atoms with Gasteiger partial charge in [0.15, 0.2) is 0 Å². The number of aromatic nitrogens is 2. The Labute approximate surface area is 82.9 Å². The number of nitrogens with two attached hydrogens (primary N) is 1. The molecule has 1 aromatic rings. The second kappa shape index (κ2) is 2.83. The third kappa shape index (κ3) is 1.31. The third-order valence-corrected chi connectivity index (χ3v) is 3.33. The van der Waals surface area contributed by atoms with E-state index >= 15 is 0 Å². The van der Waals surface area contributed by atoms with Crippen LogP contribution < -0.4 is 11.1 Å². The number of hydrogen-bond donors (Lipinski definition) is 2. The standard InChI is InChI=1S/C10H14N4/c11-9-4-12-5-10(14-9)13-8-2-1-6-3-7(6)8/h4-8H,1-3H2,(H3,11,13,14). The Balaban J connectivity index is 1.71. The Bertz CT molecular complexity index is 352. The first-order valence-corrected chi connectivity index (χ1v) is 5.17. The van der Waals surface area contributed by atoms with Crippen molar-refractivity contribution in [2.24, 2.45) is 11.8 Å². The van der Waals surface area contributed by atoms with E-state index in [-0.39, 0.29) is 0 Å². The molecule has 0 bridgehead atoms. The second-order valence-electron chi connectivity index (χ2n) is 4.32. The van der Waals surface area contributed by atoms with Crippen LogP contribution in [0.3, 0.4) is 0 Å². The van der Waals surface area contributed by atoms with Gasteiger partial charge < -0.3 is 11.1 Å². The number of nitrogens with one attached hydrogen (secondary N) is 1. The summed E-state index contributed by atoms with van der Waals surface area (Å²) in [7, 11) is 0. The average Bonchev–Trinajstić information content (AvgIpc) is 2.84.